The van der Waals surface area contributed by atoms with Gasteiger partial charge in [-0.3, -0.25) is 0 Å². The van der Waals surface area contributed by atoms with Crippen molar-refractivity contribution >= 4 is 0 Å². The Kier molecular flexibility index (Phi) is 4.26. The van der Waals surface area contributed by atoms with Crippen LogP contribution in [0.15, 0.2) is 48.5 Å². The zero-order valence-electron chi connectivity index (χ0n) is 10.6. The van der Waals surface area contributed by atoms with Crippen LogP contribution < -0.4 is 9.47 Å². The van der Waals surface area contributed by atoms with E-state index in [4.69, 9.17) is 9.47 Å². The second-order valence-electron chi connectivity index (χ2n) is 4.06. The van der Waals surface area contributed by atoms with Gasteiger partial charge in [0.25, 0.3) is 0 Å². The summed E-state index contributed by atoms with van der Waals surface area (Å²) < 4.78 is 10.5. The third kappa shape index (κ3) is 3.39. The fourth-order valence-corrected chi connectivity index (χ4v) is 1.71. The molecule has 0 spiro atoms. The average molecular weight is 260 g/mol. The summed E-state index contributed by atoms with van der Waals surface area (Å²) in [5, 5.41) is 19.6. The third-order valence-electron chi connectivity index (χ3n) is 2.76. The molecule has 4 nitrogen and oxygen atoms in total. The van der Waals surface area contributed by atoms with Gasteiger partial charge in [0.15, 0.2) is 0 Å². The molecule has 0 fully saturated rings. The van der Waals surface area contributed by atoms with Crippen molar-refractivity contribution in [3.8, 4) is 17.2 Å². The number of hydrogen-bond acceptors (Lipinski definition) is 4. The van der Waals surface area contributed by atoms with Crippen LogP contribution in [-0.4, -0.2) is 23.9 Å². The van der Waals surface area contributed by atoms with Gasteiger partial charge in [-0.05, 0) is 30.3 Å². The number of para-hydroxylation sites is 1. The van der Waals surface area contributed by atoms with Crippen molar-refractivity contribution in [1.29, 1.82) is 0 Å². The Bertz CT molecular complexity index is 522. The maximum Gasteiger partial charge on any atom is 0.121 e. The lowest BCUT2D eigenvalue weighted by molar-refractivity contribution is 0.106. The molecule has 1 unspecified atom stereocenters. The van der Waals surface area contributed by atoms with Crippen LogP contribution in [0.25, 0.3) is 0 Å². The van der Waals surface area contributed by atoms with E-state index < -0.39 is 6.10 Å². The Hall–Kier alpha value is -2.20. The molecule has 0 saturated carbocycles. The number of benzene rings is 2. The fourth-order valence-electron chi connectivity index (χ4n) is 1.71. The van der Waals surface area contributed by atoms with Crippen molar-refractivity contribution in [2.24, 2.45) is 0 Å². The minimum Gasteiger partial charge on any atom is -0.508 e. The summed E-state index contributed by atoms with van der Waals surface area (Å²) in [7, 11) is 1.60. The molecule has 0 amide bonds. The molecular formula is C15H16O4. The summed E-state index contributed by atoms with van der Waals surface area (Å²) in [6, 6.07) is 13.7. The van der Waals surface area contributed by atoms with Crippen LogP contribution in [-0.2, 0) is 0 Å². The molecule has 0 aromatic heterocycles. The van der Waals surface area contributed by atoms with Gasteiger partial charge in [-0.15, -0.1) is 0 Å². The number of ether oxygens (including phenoxy) is 2. The van der Waals surface area contributed by atoms with Crippen LogP contribution in [0.4, 0.5) is 0 Å². The van der Waals surface area contributed by atoms with Gasteiger partial charge in [0, 0.05) is 5.56 Å². The Balaban J connectivity index is 1.96. The van der Waals surface area contributed by atoms with Gasteiger partial charge in [0.2, 0.25) is 0 Å². The first-order valence-corrected chi connectivity index (χ1v) is 5.93. The summed E-state index contributed by atoms with van der Waals surface area (Å²) >= 11 is 0. The van der Waals surface area contributed by atoms with E-state index in [0.29, 0.717) is 11.3 Å². The van der Waals surface area contributed by atoms with Crippen LogP contribution in [0.3, 0.4) is 0 Å². The molecule has 1 atom stereocenters. The average Bonchev–Trinajstić information content (AvgIpc) is 2.46. The van der Waals surface area contributed by atoms with Gasteiger partial charge in [-0.2, -0.15) is 0 Å². The molecule has 0 bridgehead atoms. The number of phenols is 1. The van der Waals surface area contributed by atoms with E-state index >= 15 is 0 Å². The smallest absolute Gasteiger partial charge is 0.121 e. The van der Waals surface area contributed by atoms with Crippen LogP contribution >= 0.6 is 0 Å². The molecule has 0 saturated heterocycles. The van der Waals surface area contributed by atoms with Gasteiger partial charge in [0.05, 0.1) is 7.11 Å². The topological polar surface area (TPSA) is 58.9 Å². The van der Waals surface area contributed by atoms with Crippen molar-refractivity contribution in [2.75, 3.05) is 13.7 Å². The van der Waals surface area contributed by atoms with Crippen molar-refractivity contribution in [3.63, 3.8) is 0 Å². The first-order chi connectivity index (χ1) is 9.20. The molecule has 2 rings (SSSR count). The van der Waals surface area contributed by atoms with Gasteiger partial charge in [-0.1, -0.05) is 18.2 Å². The highest BCUT2D eigenvalue weighted by molar-refractivity contribution is 5.34. The zero-order chi connectivity index (χ0) is 13.7. The zero-order valence-corrected chi connectivity index (χ0v) is 10.6. The first-order valence-electron chi connectivity index (χ1n) is 5.93. The van der Waals surface area contributed by atoms with E-state index in [1.54, 1.807) is 49.6 Å². The highest BCUT2D eigenvalue weighted by atomic mass is 16.5. The Morgan fingerprint density at radius 1 is 1.00 bits per heavy atom. The molecule has 2 N–H and O–H groups in total. The highest BCUT2D eigenvalue weighted by Crippen LogP contribution is 2.24. The Morgan fingerprint density at radius 2 is 1.63 bits per heavy atom. The van der Waals surface area contributed by atoms with Crippen LogP contribution in [0.5, 0.6) is 17.2 Å². The maximum absolute atomic E-state index is 9.95. The molecule has 2 aromatic rings. The lowest BCUT2D eigenvalue weighted by atomic mass is 10.1. The highest BCUT2D eigenvalue weighted by Gasteiger charge is 2.12. The summed E-state index contributed by atoms with van der Waals surface area (Å²) in [5.74, 6) is 1.44. The van der Waals surface area contributed by atoms with Gasteiger partial charge in [-0.25, -0.2) is 0 Å². The molecule has 0 aliphatic heterocycles. The van der Waals surface area contributed by atoms with Crippen LogP contribution in [0.1, 0.15) is 11.7 Å². The van der Waals surface area contributed by atoms with E-state index in [1.165, 1.54) is 6.07 Å². The minimum absolute atomic E-state index is 0.0633. The summed E-state index contributed by atoms with van der Waals surface area (Å²) in [5.41, 5.74) is 0.455. The SMILES string of the molecule is COc1ccc(OCC(O)c2ccccc2O)cc1. The maximum atomic E-state index is 9.95. The van der Waals surface area contributed by atoms with Gasteiger partial charge in [0.1, 0.15) is 30.0 Å². The Morgan fingerprint density at radius 3 is 2.26 bits per heavy atom. The number of phenolic OH excluding ortho intramolecular Hbond substituents is 1. The van der Waals surface area contributed by atoms with E-state index in [1.807, 2.05) is 0 Å². The van der Waals surface area contributed by atoms with Crippen LogP contribution in [0.2, 0.25) is 0 Å². The Labute approximate surface area is 111 Å². The van der Waals surface area contributed by atoms with Crippen molar-refractivity contribution in [2.45, 2.75) is 6.10 Å². The lowest BCUT2D eigenvalue weighted by Gasteiger charge is -2.14. The summed E-state index contributed by atoms with van der Waals surface area (Å²) in [4.78, 5) is 0. The lowest BCUT2D eigenvalue weighted by Crippen LogP contribution is -2.09. The standard InChI is InChI=1S/C15H16O4/c1-18-11-6-8-12(9-7-11)19-10-15(17)13-4-2-3-5-14(13)16/h2-9,15-17H,10H2,1H3. The largest absolute Gasteiger partial charge is 0.508 e. The molecule has 0 radical (unpaired) electrons. The second-order valence-corrected chi connectivity index (χ2v) is 4.06. The minimum atomic E-state index is -0.872. The predicted octanol–water partition coefficient (Wildman–Crippen LogP) is 2.51. The number of rotatable bonds is 5. The van der Waals surface area contributed by atoms with Crippen molar-refractivity contribution in [3.05, 3.63) is 54.1 Å². The summed E-state index contributed by atoms with van der Waals surface area (Å²) in [6.45, 7) is 0.0733. The fraction of sp³-hybridized carbons (Fsp3) is 0.200. The first kappa shape index (κ1) is 13.2. The van der Waals surface area contributed by atoms with Gasteiger partial charge < -0.3 is 19.7 Å². The number of aromatic hydroxyl groups is 1. The second kappa shape index (κ2) is 6.11. The summed E-state index contributed by atoms with van der Waals surface area (Å²) in [6.07, 6.45) is -0.872. The molecule has 0 heterocycles. The quantitative estimate of drug-likeness (QED) is 0.867. The molecule has 0 aliphatic rings. The normalized spacial score (nSPS) is 11.9. The molecule has 2 aromatic carbocycles. The van der Waals surface area contributed by atoms with E-state index in [9.17, 15) is 10.2 Å². The monoisotopic (exact) mass is 260 g/mol. The molecule has 19 heavy (non-hydrogen) atoms. The molecular weight excluding hydrogens is 244 g/mol. The molecule has 0 aliphatic carbocycles. The predicted molar refractivity (Wildman–Crippen MR) is 71.6 cm³/mol. The number of hydrogen-bond donors (Lipinski definition) is 2. The van der Waals surface area contributed by atoms with E-state index in [2.05, 4.69) is 0 Å². The van der Waals surface area contributed by atoms with Crippen molar-refractivity contribution < 1.29 is 19.7 Å². The number of aliphatic hydroxyl groups excluding tert-OH is 1. The third-order valence-corrected chi connectivity index (χ3v) is 2.76. The van der Waals surface area contributed by atoms with Gasteiger partial charge >= 0.3 is 0 Å². The van der Waals surface area contributed by atoms with E-state index in [-0.39, 0.29) is 12.4 Å². The van der Waals surface area contributed by atoms with E-state index in [0.717, 1.165) is 5.75 Å². The number of aliphatic hydroxyl groups is 1. The van der Waals surface area contributed by atoms with Crippen molar-refractivity contribution in [1.82, 2.24) is 0 Å². The molecule has 100 valence electrons. The molecule has 4 heteroatoms. The van der Waals surface area contributed by atoms with Crippen LogP contribution in [0, 0.1) is 0 Å². The number of methoxy groups -OCH3 is 1.